The van der Waals surface area contributed by atoms with E-state index < -0.39 is 30.1 Å². The molecule has 0 aliphatic heterocycles. The van der Waals surface area contributed by atoms with E-state index in [2.05, 4.69) is 11.4 Å². The third-order valence-corrected chi connectivity index (χ3v) is 1.63. The Morgan fingerprint density at radius 1 is 1.31 bits per heavy atom. The summed E-state index contributed by atoms with van der Waals surface area (Å²) in [5.41, 5.74) is -0.306. The fourth-order valence-electron chi connectivity index (χ4n) is 0.898. The van der Waals surface area contributed by atoms with Crippen LogP contribution < -0.4 is 4.84 Å². The zero-order chi connectivity index (χ0) is 12.3. The van der Waals surface area contributed by atoms with Gasteiger partial charge in [0, 0.05) is 17.7 Å². The molecule has 0 unspecified atom stereocenters. The number of nitrogens with zero attached hydrogens (tertiary/aromatic N) is 1. The number of carbonyl (C=O) groups is 2. The largest absolute Gasteiger partial charge is 0.492 e. The molecule has 3 N–H and O–H groups in total. The summed E-state index contributed by atoms with van der Waals surface area (Å²) in [5, 5.41) is 26.6. The molecule has 0 fully saturated rings. The smallest absolute Gasteiger partial charge is 0.359 e. The van der Waals surface area contributed by atoms with Crippen LogP contribution in [-0.4, -0.2) is 32.0 Å². The van der Waals surface area contributed by atoms with Gasteiger partial charge in [0.2, 0.25) is 11.8 Å². The van der Waals surface area contributed by atoms with Gasteiger partial charge in [0.25, 0.3) is 0 Å². The van der Waals surface area contributed by atoms with Crippen molar-refractivity contribution in [2.75, 3.05) is 0 Å². The molecule has 0 aliphatic carbocycles. The topological polar surface area (TPSA) is 109 Å². The molecule has 0 amide bonds. The Hall–Kier alpha value is -2.44. The highest BCUT2D eigenvalue weighted by Gasteiger charge is 2.16. The first-order valence-electron chi connectivity index (χ1n) is 4.13. The Bertz CT molecular complexity index is 427. The summed E-state index contributed by atoms with van der Waals surface area (Å²) < 4.78 is 0.454. The van der Waals surface area contributed by atoms with Crippen LogP contribution in [0.25, 0.3) is 0 Å². The zero-order valence-corrected chi connectivity index (χ0v) is 8.08. The van der Waals surface area contributed by atoms with Gasteiger partial charge in [0.05, 0.1) is 6.42 Å². The number of aliphatic carboxylic acids is 1. The first-order valence-corrected chi connectivity index (χ1v) is 4.13. The van der Waals surface area contributed by atoms with Crippen LogP contribution in [0.3, 0.4) is 0 Å². The van der Waals surface area contributed by atoms with Crippen LogP contribution in [0.4, 0.5) is 0 Å². The number of aromatic hydroxyl groups is 2. The molecule has 0 spiro atoms. The normalized spacial score (nSPS) is 9.75. The number of hydrogen-bond donors (Lipinski definition) is 3. The SMILES string of the molecule is C=C(CC(=O)O)C(=O)On1c(O)ccc1O. The molecule has 0 saturated heterocycles. The summed E-state index contributed by atoms with van der Waals surface area (Å²) in [5.74, 6) is -3.27. The number of carboxylic acids is 1. The molecule has 0 atom stereocenters. The van der Waals surface area contributed by atoms with E-state index in [1.807, 2.05) is 0 Å². The van der Waals surface area contributed by atoms with Crippen molar-refractivity contribution in [3.63, 3.8) is 0 Å². The molecule has 7 nitrogen and oxygen atoms in total. The van der Waals surface area contributed by atoms with Crippen LogP contribution in [0.2, 0.25) is 0 Å². The molecule has 7 heteroatoms. The molecule has 1 rings (SSSR count). The van der Waals surface area contributed by atoms with Gasteiger partial charge in [0.1, 0.15) is 0 Å². The zero-order valence-electron chi connectivity index (χ0n) is 8.08. The molecule has 0 bridgehead atoms. The highest BCUT2D eigenvalue weighted by atomic mass is 16.7. The molecular formula is C9H9NO6. The quantitative estimate of drug-likeness (QED) is 0.619. The number of carbonyl (C=O) groups excluding carboxylic acids is 1. The molecule has 0 aromatic carbocycles. The highest BCUT2D eigenvalue weighted by molar-refractivity contribution is 5.93. The molecule has 86 valence electrons. The van der Waals surface area contributed by atoms with Gasteiger partial charge in [-0.05, 0) is 0 Å². The Labute approximate surface area is 89.8 Å². The molecule has 0 aliphatic rings. The second kappa shape index (κ2) is 4.39. The molecule has 1 heterocycles. The summed E-state index contributed by atoms with van der Waals surface area (Å²) in [6.45, 7) is 3.20. The highest BCUT2D eigenvalue weighted by Crippen LogP contribution is 2.19. The number of rotatable bonds is 4. The van der Waals surface area contributed by atoms with Gasteiger partial charge < -0.3 is 20.2 Å². The maximum Gasteiger partial charge on any atom is 0.359 e. The predicted molar refractivity (Wildman–Crippen MR) is 50.7 cm³/mol. The maximum absolute atomic E-state index is 11.2. The fraction of sp³-hybridized carbons (Fsp3) is 0.111. The van der Waals surface area contributed by atoms with Gasteiger partial charge in [0.15, 0.2) is 0 Å². The van der Waals surface area contributed by atoms with E-state index in [1.54, 1.807) is 0 Å². The van der Waals surface area contributed by atoms with Crippen molar-refractivity contribution < 1.29 is 29.7 Å². The van der Waals surface area contributed by atoms with E-state index in [4.69, 9.17) is 15.3 Å². The number of aromatic nitrogens is 1. The lowest BCUT2D eigenvalue weighted by molar-refractivity contribution is -0.144. The molecule has 0 radical (unpaired) electrons. The summed E-state index contributed by atoms with van der Waals surface area (Å²) in [6, 6.07) is 2.20. The van der Waals surface area contributed by atoms with Crippen molar-refractivity contribution >= 4 is 11.9 Å². The summed E-state index contributed by atoms with van der Waals surface area (Å²) >= 11 is 0. The molecule has 1 aromatic heterocycles. The Balaban J connectivity index is 2.72. The maximum atomic E-state index is 11.2. The van der Waals surface area contributed by atoms with E-state index in [1.165, 1.54) is 0 Å². The number of hydrogen-bond acceptors (Lipinski definition) is 5. The van der Waals surface area contributed by atoms with Crippen LogP contribution in [0, 0.1) is 0 Å². The molecule has 1 aromatic rings. The van der Waals surface area contributed by atoms with Crippen molar-refractivity contribution in [3.8, 4) is 11.8 Å². The minimum atomic E-state index is -1.23. The van der Waals surface area contributed by atoms with Crippen LogP contribution in [0.5, 0.6) is 11.8 Å². The van der Waals surface area contributed by atoms with E-state index in [0.717, 1.165) is 12.1 Å². The van der Waals surface area contributed by atoms with Crippen LogP contribution in [-0.2, 0) is 9.59 Å². The average molecular weight is 227 g/mol. The van der Waals surface area contributed by atoms with Gasteiger partial charge in [-0.2, -0.15) is 0 Å². The Kier molecular flexibility index (Phi) is 3.19. The van der Waals surface area contributed by atoms with E-state index in [0.29, 0.717) is 4.73 Å². The number of carboxylic acid groups (broad SMARTS) is 1. The first-order chi connectivity index (χ1) is 7.41. The van der Waals surface area contributed by atoms with Crippen molar-refractivity contribution in [1.29, 1.82) is 0 Å². The van der Waals surface area contributed by atoms with Crippen molar-refractivity contribution in [2.45, 2.75) is 6.42 Å². The second-order valence-electron chi connectivity index (χ2n) is 2.90. The van der Waals surface area contributed by atoms with Gasteiger partial charge in [-0.25, -0.2) is 4.79 Å². The van der Waals surface area contributed by atoms with Crippen molar-refractivity contribution in [2.24, 2.45) is 0 Å². The molecule has 16 heavy (non-hydrogen) atoms. The minimum Gasteiger partial charge on any atom is -0.492 e. The lowest BCUT2D eigenvalue weighted by Crippen LogP contribution is -2.21. The van der Waals surface area contributed by atoms with E-state index in [-0.39, 0.29) is 5.57 Å². The Morgan fingerprint density at radius 2 is 1.81 bits per heavy atom. The predicted octanol–water partition coefficient (Wildman–Crippen LogP) is -0.115. The van der Waals surface area contributed by atoms with E-state index in [9.17, 15) is 9.59 Å². The lowest BCUT2D eigenvalue weighted by atomic mass is 10.2. The van der Waals surface area contributed by atoms with E-state index >= 15 is 0 Å². The van der Waals surface area contributed by atoms with Crippen LogP contribution in [0.15, 0.2) is 24.3 Å². The summed E-state index contributed by atoms with van der Waals surface area (Å²) in [4.78, 5) is 26.0. The standard InChI is InChI=1S/C9H9NO6/c1-5(4-8(13)14)9(15)16-10-6(11)2-3-7(10)12/h2-3,11-12H,1,4H2,(H,13,14). The lowest BCUT2D eigenvalue weighted by Gasteiger charge is -2.07. The summed E-state index contributed by atoms with van der Waals surface area (Å²) in [6.07, 6.45) is -0.582. The third kappa shape index (κ3) is 2.53. The first kappa shape index (κ1) is 11.6. The van der Waals surface area contributed by atoms with Gasteiger partial charge in [-0.15, -0.1) is 4.73 Å². The van der Waals surface area contributed by atoms with Crippen LogP contribution in [0.1, 0.15) is 6.42 Å². The van der Waals surface area contributed by atoms with Gasteiger partial charge in [-0.3, -0.25) is 4.79 Å². The summed E-state index contributed by atoms with van der Waals surface area (Å²) in [7, 11) is 0. The molecule has 0 saturated carbocycles. The average Bonchev–Trinajstić information content (AvgIpc) is 2.48. The van der Waals surface area contributed by atoms with Crippen molar-refractivity contribution in [1.82, 2.24) is 4.73 Å². The third-order valence-electron chi connectivity index (χ3n) is 1.63. The minimum absolute atomic E-state index is 0.306. The van der Waals surface area contributed by atoms with Crippen molar-refractivity contribution in [3.05, 3.63) is 24.3 Å². The monoisotopic (exact) mass is 227 g/mol. The van der Waals surface area contributed by atoms with Gasteiger partial charge >= 0.3 is 11.9 Å². The van der Waals surface area contributed by atoms with Crippen LogP contribution >= 0.6 is 0 Å². The Morgan fingerprint density at radius 3 is 2.25 bits per heavy atom. The van der Waals surface area contributed by atoms with Gasteiger partial charge in [-0.1, -0.05) is 6.58 Å². The fourth-order valence-corrected chi connectivity index (χ4v) is 0.898. The second-order valence-corrected chi connectivity index (χ2v) is 2.90. The molecular weight excluding hydrogens is 218 g/mol.